The quantitative estimate of drug-likeness (QED) is 0.634. The van der Waals surface area contributed by atoms with Crippen LogP contribution in [0.25, 0.3) is 0 Å². The van der Waals surface area contributed by atoms with Crippen molar-refractivity contribution in [3.8, 4) is 0 Å². The van der Waals surface area contributed by atoms with E-state index in [1.807, 2.05) is 4.90 Å². The number of morpholine rings is 1. The summed E-state index contributed by atoms with van der Waals surface area (Å²) < 4.78 is 5.28. The molecule has 2 fully saturated rings. The molecule has 2 N–H and O–H groups in total. The van der Waals surface area contributed by atoms with Gasteiger partial charge < -0.3 is 15.4 Å². The molecular weight excluding hydrogens is 168 g/mol. The van der Waals surface area contributed by atoms with Crippen molar-refractivity contribution in [2.24, 2.45) is 11.7 Å². The van der Waals surface area contributed by atoms with E-state index in [4.69, 9.17) is 10.5 Å². The lowest BCUT2D eigenvalue weighted by Crippen LogP contribution is -2.52. The molecule has 2 rings (SSSR count). The highest BCUT2D eigenvalue weighted by Gasteiger charge is 2.36. The monoisotopic (exact) mass is 184 g/mol. The predicted molar refractivity (Wildman–Crippen MR) is 48.1 cm³/mol. The van der Waals surface area contributed by atoms with E-state index in [9.17, 15) is 4.79 Å². The molecule has 74 valence electrons. The molecule has 1 saturated heterocycles. The van der Waals surface area contributed by atoms with Crippen LogP contribution in [-0.4, -0.2) is 43.2 Å². The Morgan fingerprint density at radius 1 is 1.54 bits per heavy atom. The molecule has 0 spiro atoms. The van der Waals surface area contributed by atoms with Gasteiger partial charge in [0.25, 0.3) is 0 Å². The Kier molecular flexibility index (Phi) is 2.51. The number of ether oxygens (including phenoxy) is 1. The molecular formula is C9H16N2O2. The number of nitrogens with zero attached hydrogens (tertiary/aromatic N) is 1. The van der Waals surface area contributed by atoms with Gasteiger partial charge in [-0.1, -0.05) is 0 Å². The molecule has 1 unspecified atom stereocenters. The fourth-order valence-electron chi connectivity index (χ4n) is 1.71. The van der Waals surface area contributed by atoms with Gasteiger partial charge in [0.15, 0.2) is 0 Å². The van der Waals surface area contributed by atoms with Gasteiger partial charge in [0.1, 0.15) is 0 Å². The van der Waals surface area contributed by atoms with Crippen LogP contribution < -0.4 is 5.73 Å². The minimum Gasteiger partial charge on any atom is -0.377 e. The first-order chi connectivity index (χ1) is 6.33. The molecule has 0 aromatic carbocycles. The molecule has 0 bridgehead atoms. The van der Waals surface area contributed by atoms with E-state index in [1.165, 1.54) is 0 Å². The molecule has 1 amide bonds. The van der Waals surface area contributed by atoms with Gasteiger partial charge in [0.05, 0.1) is 19.3 Å². The molecule has 0 aromatic heterocycles. The second-order valence-corrected chi connectivity index (χ2v) is 3.77. The lowest BCUT2D eigenvalue weighted by atomic mass is 10.2. The molecule has 13 heavy (non-hydrogen) atoms. The summed E-state index contributed by atoms with van der Waals surface area (Å²) in [6.45, 7) is 2.50. The highest BCUT2D eigenvalue weighted by atomic mass is 16.5. The van der Waals surface area contributed by atoms with Crippen LogP contribution in [0.4, 0.5) is 0 Å². The van der Waals surface area contributed by atoms with E-state index in [2.05, 4.69) is 0 Å². The van der Waals surface area contributed by atoms with Crippen LogP contribution in [0.2, 0.25) is 0 Å². The highest BCUT2D eigenvalue weighted by molar-refractivity contribution is 5.81. The summed E-state index contributed by atoms with van der Waals surface area (Å²) in [5, 5.41) is 0. The topological polar surface area (TPSA) is 55.6 Å². The van der Waals surface area contributed by atoms with Crippen LogP contribution in [0.3, 0.4) is 0 Å². The van der Waals surface area contributed by atoms with Crippen LogP contribution in [0.1, 0.15) is 12.8 Å². The maximum Gasteiger partial charge on any atom is 0.226 e. The zero-order valence-corrected chi connectivity index (χ0v) is 7.74. The van der Waals surface area contributed by atoms with E-state index in [0.29, 0.717) is 31.6 Å². The zero-order valence-electron chi connectivity index (χ0n) is 7.74. The van der Waals surface area contributed by atoms with Crippen molar-refractivity contribution in [2.45, 2.75) is 18.9 Å². The first kappa shape index (κ1) is 8.97. The summed E-state index contributed by atoms with van der Waals surface area (Å²) in [5.74, 6) is 0.589. The third-order valence-corrected chi connectivity index (χ3v) is 2.71. The molecule has 0 radical (unpaired) electrons. The zero-order chi connectivity index (χ0) is 9.26. The lowest BCUT2D eigenvalue weighted by molar-refractivity contribution is -0.140. The molecule has 0 aromatic rings. The van der Waals surface area contributed by atoms with Crippen LogP contribution in [0, 0.1) is 5.92 Å². The van der Waals surface area contributed by atoms with Gasteiger partial charge in [-0.05, 0) is 12.8 Å². The Balaban J connectivity index is 1.96. The van der Waals surface area contributed by atoms with Gasteiger partial charge in [-0.3, -0.25) is 4.79 Å². The Bertz CT molecular complexity index is 204. The predicted octanol–water partition coefficient (Wildman–Crippen LogP) is -0.418. The maximum absolute atomic E-state index is 11.7. The SMILES string of the molecule is NCC1COCCN1C(=O)C1CC1. The standard InChI is InChI=1S/C9H16N2O2/c10-5-8-6-13-4-3-11(8)9(12)7-1-2-7/h7-8H,1-6,10H2. The van der Waals surface area contributed by atoms with Crippen molar-refractivity contribution in [3.05, 3.63) is 0 Å². The molecule has 1 atom stereocenters. The molecule has 4 nitrogen and oxygen atoms in total. The van der Waals surface area contributed by atoms with Crippen LogP contribution in [0.15, 0.2) is 0 Å². The van der Waals surface area contributed by atoms with Gasteiger partial charge >= 0.3 is 0 Å². The Morgan fingerprint density at radius 2 is 2.31 bits per heavy atom. The molecule has 2 aliphatic rings. The molecule has 1 saturated carbocycles. The second-order valence-electron chi connectivity index (χ2n) is 3.77. The fraction of sp³-hybridized carbons (Fsp3) is 0.889. The average molecular weight is 184 g/mol. The third kappa shape index (κ3) is 1.84. The van der Waals surface area contributed by atoms with E-state index in [0.717, 1.165) is 19.4 Å². The van der Waals surface area contributed by atoms with Crippen molar-refractivity contribution in [1.82, 2.24) is 4.90 Å². The third-order valence-electron chi connectivity index (χ3n) is 2.71. The van der Waals surface area contributed by atoms with Gasteiger partial charge in [-0.15, -0.1) is 0 Å². The minimum absolute atomic E-state index is 0.113. The second kappa shape index (κ2) is 3.64. The van der Waals surface area contributed by atoms with Gasteiger partial charge in [0, 0.05) is 19.0 Å². The number of amides is 1. The number of carbonyl (C=O) groups excluding carboxylic acids is 1. The smallest absolute Gasteiger partial charge is 0.226 e. The summed E-state index contributed by atoms with van der Waals surface area (Å²) in [6.07, 6.45) is 2.13. The van der Waals surface area contributed by atoms with E-state index < -0.39 is 0 Å². The van der Waals surface area contributed by atoms with Crippen LogP contribution >= 0.6 is 0 Å². The van der Waals surface area contributed by atoms with Crippen molar-refractivity contribution in [1.29, 1.82) is 0 Å². The van der Waals surface area contributed by atoms with Crippen molar-refractivity contribution in [3.63, 3.8) is 0 Å². The van der Waals surface area contributed by atoms with Crippen molar-refractivity contribution in [2.75, 3.05) is 26.3 Å². The van der Waals surface area contributed by atoms with Crippen molar-refractivity contribution < 1.29 is 9.53 Å². The van der Waals surface area contributed by atoms with Crippen LogP contribution in [-0.2, 0) is 9.53 Å². The number of hydrogen-bond acceptors (Lipinski definition) is 3. The molecule has 4 heteroatoms. The number of carbonyl (C=O) groups is 1. The van der Waals surface area contributed by atoms with Gasteiger partial charge in [0.2, 0.25) is 5.91 Å². The van der Waals surface area contributed by atoms with E-state index in [1.54, 1.807) is 0 Å². The normalized spacial score (nSPS) is 29.0. The largest absolute Gasteiger partial charge is 0.377 e. The first-order valence-electron chi connectivity index (χ1n) is 4.91. The number of rotatable bonds is 2. The van der Waals surface area contributed by atoms with Crippen molar-refractivity contribution >= 4 is 5.91 Å². The minimum atomic E-state index is 0.113. The Labute approximate surface area is 78.0 Å². The average Bonchev–Trinajstić information content (AvgIpc) is 3.00. The highest BCUT2D eigenvalue weighted by Crippen LogP contribution is 2.31. The first-order valence-corrected chi connectivity index (χ1v) is 4.91. The fourth-order valence-corrected chi connectivity index (χ4v) is 1.71. The van der Waals surface area contributed by atoms with Gasteiger partial charge in [-0.2, -0.15) is 0 Å². The maximum atomic E-state index is 11.7. The van der Waals surface area contributed by atoms with E-state index >= 15 is 0 Å². The summed E-state index contributed by atoms with van der Waals surface area (Å²) in [5.41, 5.74) is 5.58. The summed E-state index contributed by atoms with van der Waals surface area (Å²) >= 11 is 0. The molecule has 1 aliphatic carbocycles. The van der Waals surface area contributed by atoms with E-state index in [-0.39, 0.29) is 6.04 Å². The van der Waals surface area contributed by atoms with Crippen LogP contribution in [0.5, 0.6) is 0 Å². The number of hydrogen-bond donors (Lipinski definition) is 1. The van der Waals surface area contributed by atoms with Gasteiger partial charge in [-0.25, -0.2) is 0 Å². The Hall–Kier alpha value is -0.610. The summed E-state index contributed by atoms with van der Waals surface area (Å²) in [7, 11) is 0. The summed E-state index contributed by atoms with van der Waals surface area (Å²) in [6, 6.07) is 0.113. The lowest BCUT2D eigenvalue weighted by Gasteiger charge is -2.35. The molecule has 1 aliphatic heterocycles. The summed E-state index contributed by atoms with van der Waals surface area (Å²) in [4.78, 5) is 13.6. The Morgan fingerprint density at radius 3 is 2.92 bits per heavy atom. The number of nitrogens with two attached hydrogens (primary N) is 1. The molecule has 1 heterocycles.